The number of benzene rings is 2. The van der Waals surface area contributed by atoms with E-state index >= 15 is 0 Å². The number of rotatable bonds is 5. The summed E-state index contributed by atoms with van der Waals surface area (Å²) in [4.78, 5) is 34.7. The van der Waals surface area contributed by atoms with Crippen LogP contribution in [0.1, 0.15) is 27.0 Å². The van der Waals surface area contributed by atoms with Gasteiger partial charge in [-0.1, -0.05) is 29.3 Å². The van der Waals surface area contributed by atoms with Crippen molar-refractivity contribution in [1.82, 2.24) is 5.32 Å². The van der Waals surface area contributed by atoms with Gasteiger partial charge in [-0.25, -0.2) is 0 Å². The quantitative estimate of drug-likeness (QED) is 0.616. The Bertz CT molecular complexity index is 873. The lowest BCUT2D eigenvalue weighted by Crippen LogP contribution is -2.33. The highest BCUT2D eigenvalue weighted by Crippen LogP contribution is 2.23. The molecule has 2 aromatic carbocycles. The van der Waals surface area contributed by atoms with Gasteiger partial charge < -0.3 is 10.6 Å². The second-order valence-electron chi connectivity index (χ2n) is 5.92. The van der Waals surface area contributed by atoms with Gasteiger partial charge in [0.1, 0.15) is 5.56 Å². The van der Waals surface area contributed by atoms with Crippen LogP contribution in [-0.4, -0.2) is 23.3 Å². The van der Waals surface area contributed by atoms with E-state index < -0.39 is 22.4 Å². The van der Waals surface area contributed by atoms with Crippen molar-refractivity contribution in [2.45, 2.75) is 20.8 Å². The molecule has 136 valence electrons. The van der Waals surface area contributed by atoms with Crippen LogP contribution in [0.15, 0.2) is 30.3 Å². The average Bonchev–Trinajstić information content (AvgIpc) is 2.55. The van der Waals surface area contributed by atoms with Gasteiger partial charge in [0, 0.05) is 16.8 Å². The van der Waals surface area contributed by atoms with E-state index in [0.29, 0.717) is 5.69 Å². The fourth-order valence-corrected chi connectivity index (χ4v) is 2.83. The lowest BCUT2D eigenvalue weighted by Gasteiger charge is -2.13. The number of aryl methyl sites for hydroxylation is 3. The fraction of sp³-hybridized carbons (Fsp3) is 0.222. The first-order chi connectivity index (χ1) is 12.2. The molecule has 2 rings (SSSR count). The number of nitrogens with zero attached hydrogens (tertiary/aromatic N) is 1. The predicted molar refractivity (Wildman–Crippen MR) is 99.7 cm³/mol. The fourth-order valence-electron chi connectivity index (χ4n) is 2.66. The molecule has 2 N–H and O–H groups in total. The number of nitro groups is 1. The molecule has 26 heavy (non-hydrogen) atoms. The number of anilines is 1. The third kappa shape index (κ3) is 4.58. The summed E-state index contributed by atoms with van der Waals surface area (Å²) in [7, 11) is 0. The minimum absolute atomic E-state index is 0.149. The second kappa shape index (κ2) is 7.97. The molecule has 2 aromatic rings. The Balaban J connectivity index is 2.07. The van der Waals surface area contributed by atoms with E-state index in [0.717, 1.165) is 22.8 Å². The minimum Gasteiger partial charge on any atom is -0.343 e. The lowest BCUT2D eigenvalue weighted by molar-refractivity contribution is -0.385. The molecular weight excluding hydrogens is 358 g/mol. The van der Waals surface area contributed by atoms with Gasteiger partial charge in [-0.05, 0) is 44.0 Å². The standard InChI is InChI=1S/C18H18ClN3O4/c1-10-6-11(2)17(12(3)7-10)21-16(23)9-20-18(24)14-5-4-13(19)8-15(14)22(25)26/h4-8H,9H2,1-3H3,(H,20,24)(H,21,23). The molecule has 0 saturated heterocycles. The lowest BCUT2D eigenvalue weighted by atomic mass is 10.1. The number of nitro benzene ring substituents is 1. The van der Waals surface area contributed by atoms with Gasteiger partial charge in [-0.3, -0.25) is 19.7 Å². The van der Waals surface area contributed by atoms with Crippen LogP contribution < -0.4 is 10.6 Å². The van der Waals surface area contributed by atoms with Gasteiger partial charge >= 0.3 is 0 Å². The molecule has 0 unspecified atom stereocenters. The number of hydrogen-bond donors (Lipinski definition) is 2. The molecule has 0 aliphatic carbocycles. The summed E-state index contributed by atoms with van der Waals surface area (Å²) in [6.07, 6.45) is 0. The third-order valence-electron chi connectivity index (χ3n) is 3.75. The van der Waals surface area contributed by atoms with E-state index in [1.54, 1.807) is 0 Å². The molecule has 0 atom stereocenters. The monoisotopic (exact) mass is 375 g/mol. The zero-order valence-electron chi connectivity index (χ0n) is 14.6. The van der Waals surface area contributed by atoms with Crippen LogP contribution in [0, 0.1) is 30.9 Å². The number of nitrogens with one attached hydrogen (secondary N) is 2. The summed E-state index contributed by atoms with van der Waals surface area (Å²) in [6.45, 7) is 5.41. The van der Waals surface area contributed by atoms with Crippen molar-refractivity contribution in [3.05, 3.63) is 67.7 Å². The normalized spacial score (nSPS) is 10.3. The zero-order chi connectivity index (χ0) is 19.4. The van der Waals surface area contributed by atoms with Gasteiger partial charge in [-0.2, -0.15) is 0 Å². The third-order valence-corrected chi connectivity index (χ3v) is 3.99. The number of hydrogen-bond acceptors (Lipinski definition) is 4. The van der Waals surface area contributed by atoms with E-state index in [9.17, 15) is 19.7 Å². The van der Waals surface area contributed by atoms with Crippen molar-refractivity contribution in [3.8, 4) is 0 Å². The van der Waals surface area contributed by atoms with Crippen molar-refractivity contribution in [1.29, 1.82) is 0 Å². The summed E-state index contributed by atoms with van der Waals surface area (Å²) in [5.41, 5.74) is 3.02. The molecule has 8 heteroatoms. The molecule has 0 saturated carbocycles. The Labute approximate surface area is 155 Å². The van der Waals surface area contributed by atoms with Crippen LogP contribution in [0.4, 0.5) is 11.4 Å². The van der Waals surface area contributed by atoms with Crippen molar-refractivity contribution in [2.24, 2.45) is 0 Å². The number of halogens is 1. The van der Waals surface area contributed by atoms with E-state index in [4.69, 9.17) is 11.6 Å². The smallest absolute Gasteiger partial charge is 0.283 e. The Morgan fingerprint density at radius 3 is 2.31 bits per heavy atom. The Kier molecular flexibility index (Phi) is 5.94. The summed E-state index contributed by atoms with van der Waals surface area (Å²) in [6, 6.07) is 7.61. The molecular formula is C18H18ClN3O4. The second-order valence-corrected chi connectivity index (χ2v) is 6.36. The number of carbonyl (C=O) groups is 2. The highest BCUT2D eigenvalue weighted by Gasteiger charge is 2.21. The number of amides is 2. The van der Waals surface area contributed by atoms with E-state index in [-0.39, 0.29) is 17.1 Å². The summed E-state index contributed by atoms with van der Waals surface area (Å²) < 4.78 is 0. The van der Waals surface area contributed by atoms with Gasteiger partial charge in [0.05, 0.1) is 11.5 Å². The zero-order valence-corrected chi connectivity index (χ0v) is 15.3. The summed E-state index contributed by atoms with van der Waals surface area (Å²) >= 11 is 5.72. The van der Waals surface area contributed by atoms with Crippen molar-refractivity contribution in [2.75, 3.05) is 11.9 Å². The average molecular weight is 376 g/mol. The van der Waals surface area contributed by atoms with Crippen LogP contribution in [0.25, 0.3) is 0 Å². The van der Waals surface area contributed by atoms with Crippen molar-refractivity contribution >= 4 is 34.8 Å². The first-order valence-corrected chi connectivity index (χ1v) is 8.16. The van der Waals surface area contributed by atoms with Gasteiger partial charge in [-0.15, -0.1) is 0 Å². The molecule has 0 radical (unpaired) electrons. The maximum Gasteiger partial charge on any atom is 0.283 e. The van der Waals surface area contributed by atoms with Crippen molar-refractivity contribution < 1.29 is 14.5 Å². The summed E-state index contributed by atoms with van der Waals surface area (Å²) in [5, 5.41) is 16.3. The largest absolute Gasteiger partial charge is 0.343 e. The van der Waals surface area contributed by atoms with Crippen LogP contribution >= 0.6 is 11.6 Å². The topological polar surface area (TPSA) is 101 Å². The molecule has 0 fully saturated rings. The van der Waals surface area contributed by atoms with Gasteiger partial charge in [0.2, 0.25) is 5.91 Å². The van der Waals surface area contributed by atoms with Crippen LogP contribution in [0.2, 0.25) is 5.02 Å². The predicted octanol–water partition coefficient (Wildman–Crippen LogP) is 3.54. The Hall–Kier alpha value is -2.93. The van der Waals surface area contributed by atoms with Crippen LogP contribution in [0.3, 0.4) is 0 Å². The molecule has 7 nitrogen and oxygen atoms in total. The molecule has 0 aliphatic heterocycles. The molecule has 2 amide bonds. The first-order valence-electron chi connectivity index (χ1n) is 7.79. The highest BCUT2D eigenvalue weighted by atomic mass is 35.5. The molecule has 0 heterocycles. The Morgan fingerprint density at radius 1 is 1.12 bits per heavy atom. The van der Waals surface area contributed by atoms with Gasteiger partial charge in [0.25, 0.3) is 11.6 Å². The van der Waals surface area contributed by atoms with Gasteiger partial charge in [0.15, 0.2) is 0 Å². The maximum atomic E-state index is 12.2. The Morgan fingerprint density at radius 2 is 1.73 bits per heavy atom. The SMILES string of the molecule is Cc1cc(C)c(NC(=O)CNC(=O)c2ccc(Cl)cc2[N+](=O)[O-])c(C)c1. The van der Waals surface area contributed by atoms with E-state index in [1.165, 1.54) is 12.1 Å². The first kappa shape index (κ1) is 19.4. The summed E-state index contributed by atoms with van der Waals surface area (Å²) in [5.74, 6) is -1.15. The molecule has 0 aliphatic rings. The molecule has 0 spiro atoms. The van der Waals surface area contributed by atoms with Crippen LogP contribution in [-0.2, 0) is 4.79 Å². The molecule has 0 aromatic heterocycles. The highest BCUT2D eigenvalue weighted by molar-refractivity contribution is 6.31. The van der Waals surface area contributed by atoms with Crippen LogP contribution in [0.5, 0.6) is 0 Å². The van der Waals surface area contributed by atoms with E-state index in [2.05, 4.69) is 10.6 Å². The van der Waals surface area contributed by atoms with E-state index in [1.807, 2.05) is 32.9 Å². The van der Waals surface area contributed by atoms with Crippen molar-refractivity contribution in [3.63, 3.8) is 0 Å². The molecule has 0 bridgehead atoms. The maximum absolute atomic E-state index is 12.2. The minimum atomic E-state index is -0.721. The number of carbonyl (C=O) groups excluding carboxylic acids is 2.